The highest BCUT2D eigenvalue weighted by atomic mass is 35.5. The third kappa shape index (κ3) is 3.53. The van der Waals surface area contributed by atoms with Crippen molar-refractivity contribution in [2.45, 2.75) is 32.4 Å². The van der Waals surface area contributed by atoms with Crippen LogP contribution in [0.2, 0.25) is 5.02 Å². The molecule has 30 heavy (non-hydrogen) atoms. The van der Waals surface area contributed by atoms with E-state index in [0.29, 0.717) is 28.4 Å². The molecule has 1 heterocycles. The third-order valence-corrected chi connectivity index (χ3v) is 5.91. The summed E-state index contributed by atoms with van der Waals surface area (Å²) in [5, 5.41) is 11.9. The Balaban J connectivity index is 1.72. The second-order valence-corrected chi connectivity index (χ2v) is 8.24. The molecule has 5 heteroatoms. The van der Waals surface area contributed by atoms with E-state index in [1.165, 1.54) is 4.90 Å². The third-order valence-electron chi connectivity index (χ3n) is 5.67. The van der Waals surface area contributed by atoms with Crippen LogP contribution >= 0.6 is 11.6 Å². The largest absolute Gasteiger partial charge is 0.375 e. The maximum Gasteiger partial charge on any atom is 0.264 e. The van der Waals surface area contributed by atoms with Gasteiger partial charge in [0.1, 0.15) is 0 Å². The van der Waals surface area contributed by atoms with Crippen LogP contribution in [0.1, 0.15) is 39.0 Å². The molecule has 0 unspecified atom stereocenters. The number of fused-ring (bicyclic) bond motifs is 1. The predicted octanol–water partition coefficient (Wildman–Crippen LogP) is 4.96. The summed E-state index contributed by atoms with van der Waals surface area (Å²) in [5.74, 6) is -0.807. The zero-order chi connectivity index (χ0) is 21.5. The Morgan fingerprint density at radius 1 is 1.03 bits per heavy atom. The highest BCUT2D eigenvalue weighted by molar-refractivity contribution is 6.31. The topological polar surface area (TPSA) is 57.6 Å². The summed E-state index contributed by atoms with van der Waals surface area (Å²) in [6, 6.07) is 19.9. The minimum Gasteiger partial charge on any atom is -0.375 e. The van der Waals surface area contributed by atoms with Crippen LogP contribution in [0, 0.1) is 13.8 Å². The first-order valence-electron chi connectivity index (χ1n) is 9.78. The van der Waals surface area contributed by atoms with Gasteiger partial charge in [0.05, 0.1) is 18.7 Å². The van der Waals surface area contributed by atoms with Gasteiger partial charge in [0.15, 0.2) is 11.4 Å². The van der Waals surface area contributed by atoms with Crippen molar-refractivity contribution in [3.05, 3.63) is 99.6 Å². The molecule has 0 aromatic heterocycles. The molecule has 0 radical (unpaired) electrons. The van der Waals surface area contributed by atoms with Gasteiger partial charge in [0, 0.05) is 16.1 Å². The normalized spacial score (nSPS) is 17.9. The van der Waals surface area contributed by atoms with E-state index >= 15 is 0 Å². The number of halogens is 1. The van der Waals surface area contributed by atoms with Gasteiger partial charge in [-0.05, 0) is 43.2 Å². The molecule has 1 aliphatic rings. The number of aliphatic hydroxyl groups is 1. The van der Waals surface area contributed by atoms with Gasteiger partial charge in [0.25, 0.3) is 5.91 Å². The number of carbonyl (C=O) groups excluding carboxylic acids is 2. The summed E-state index contributed by atoms with van der Waals surface area (Å²) in [6.45, 7) is 4.22. The molecule has 1 amide bonds. The Hall–Kier alpha value is -2.95. The molecule has 1 atom stereocenters. The molecule has 0 spiro atoms. The molecule has 0 aliphatic carbocycles. The highest BCUT2D eigenvalue weighted by Gasteiger charge is 2.51. The highest BCUT2D eigenvalue weighted by Crippen LogP contribution is 2.44. The lowest BCUT2D eigenvalue weighted by molar-refractivity contribution is -0.136. The van der Waals surface area contributed by atoms with Gasteiger partial charge >= 0.3 is 0 Å². The summed E-state index contributed by atoms with van der Waals surface area (Å²) >= 11 is 6.18. The number of carbonyl (C=O) groups is 2. The first-order valence-corrected chi connectivity index (χ1v) is 10.2. The standard InChI is InChI=1S/C25H22ClNO3/c1-16-7-9-18(10-8-16)23(28)14-25(30)21-13-20(26)11-12-22(21)27(24(25)29)15-19-6-4-3-5-17(19)2/h3-13,30H,14-15H2,1-2H3/t25-/m1/s1. The number of Topliss-reactive ketones (excluding diaryl/α,β-unsaturated/α-hetero) is 1. The number of aryl methyl sites for hydroxylation is 2. The van der Waals surface area contributed by atoms with E-state index in [1.807, 2.05) is 50.2 Å². The number of anilines is 1. The van der Waals surface area contributed by atoms with Crippen molar-refractivity contribution in [1.29, 1.82) is 0 Å². The average molecular weight is 420 g/mol. The van der Waals surface area contributed by atoms with Crippen LogP contribution in [0.5, 0.6) is 0 Å². The molecule has 1 aliphatic heterocycles. The van der Waals surface area contributed by atoms with Crippen LogP contribution in [0.4, 0.5) is 5.69 Å². The van der Waals surface area contributed by atoms with Gasteiger partial charge in [0.2, 0.25) is 0 Å². The first kappa shape index (κ1) is 20.3. The summed E-state index contributed by atoms with van der Waals surface area (Å²) in [6.07, 6.45) is -0.341. The zero-order valence-electron chi connectivity index (χ0n) is 16.9. The van der Waals surface area contributed by atoms with Crippen LogP contribution in [0.15, 0.2) is 66.7 Å². The predicted molar refractivity (Wildman–Crippen MR) is 118 cm³/mol. The summed E-state index contributed by atoms with van der Waals surface area (Å²) in [4.78, 5) is 27.9. The number of amides is 1. The number of rotatable bonds is 5. The van der Waals surface area contributed by atoms with Crippen LogP contribution in [-0.2, 0) is 16.9 Å². The molecule has 4 rings (SSSR count). The monoisotopic (exact) mass is 419 g/mol. The van der Waals surface area contributed by atoms with Crippen molar-refractivity contribution in [1.82, 2.24) is 0 Å². The second-order valence-electron chi connectivity index (χ2n) is 7.81. The van der Waals surface area contributed by atoms with Crippen molar-refractivity contribution in [2.24, 2.45) is 0 Å². The van der Waals surface area contributed by atoms with Crippen LogP contribution in [0.25, 0.3) is 0 Å². The van der Waals surface area contributed by atoms with E-state index in [9.17, 15) is 14.7 Å². The van der Waals surface area contributed by atoms with Crippen molar-refractivity contribution in [3.63, 3.8) is 0 Å². The minimum atomic E-state index is -1.95. The van der Waals surface area contributed by atoms with Crippen molar-refractivity contribution < 1.29 is 14.7 Å². The maximum absolute atomic E-state index is 13.4. The molecule has 1 N–H and O–H groups in total. The minimum absolute atomic E-state index is 0.297. The zero-order valence-corrected chi connectivity index (χ0v) is 17.6. The summed E-state index contributed by atoms with van der Waals surface area (Å²) in [5.41, 5.74) is 2.51. The Morgan fingerprint density at radius 2 is 1.73 bits per heavy atom. The Labute approximate surface area is 180 Å². The Bertz CT molecular complexity index is 1140. The van der Waals surface area contributed by atoms with Crippen molar-refractivity contribution in [3.8, 4) is 0 Å². The fourth-order valence-electron chi connectivity index (χ4n) is 3.88. The smallest absolute Gasteiger partial charge is 0.264 e. The molecular formula is C25H22ClNO3. The summed E-state index contributed by atoms with van der Waals surface area (Å²) in [7, 11) is 0. The number of ketones is 1. The SMILES string of the molecule is Cc1ccc(C(=O)C[C@]2(O)C(=O)N(Cc3ccccc3C)c3ccc(Cl)cc32)cc1. The Kier molecular flexibility index (Phi) is 5.22. The lowest BCUT2D eigenvalue weighted by atomic mass is 9.88. The summed E-state index contributed by atoms with van der Waals surface area (Å²) < 4.78 is 0. The van der Waals surface area contributed by atoms with Gasteiger partial charge in [-0.1, -0.05) is 65.7 Å². The lowest BCUT2D eigenvalue weighted by Crippen LogP contribution is -2.41. The van der Waals surface area contributed by atoms with E-state index in [0.717, 1.165) is 16.7 Å². The molecule has 3 aromatic carbocycles. The van der Waals surface area contributed by atoms with Gasteiger partial charge in [-0.15, -0.1) is 0 Å². The fraction of sp³-hybridized carbons (Fsp3) is 0.200. The molecule has 0 saturated heterocycles. The van der Waals surface area contributed by atoms with Gasteiger partial charge < -0.3 is 10.0 Å². The van der Waals surface area contributed by atoms with Crippen molar-refractivity contribution in [2.75, 3.05) is 4.90 Å². The number of benzene rings is 3. The van der Waals surface area contributed by atoms with Gasteiger partial charge in [-0.2, -0.15) is 0 Å². The van der Waals surface area contributed by atoms with E-state index in [-0.39, 0.29) is 12.2 Å². The Morgan fingerprint density at radius 3 is 2.43 bits per heavy atom. The molecule has 0 fully saturated rings. The lowest BCUT2D eigenvalue weighted by Gasteiger charge is -2.23. The van der Waals surface area contributed by atoms with Crippen LogP contribution < -0.4 is 4.90 Å². The van der Waals surface area contributed by atoms with Crippen molar-refractivity contribution >= 4 is 29.0 Å². The van der Waals surface area contributed by atoms with Gasteiger partial charge in [-0.25, -0.2) is 0 Å². The van der Waals surface area contributed by atoms with E-state index in [1.54, 1.807) is 30.3 Å². The quantitative estimate of drug-likeness (QED) is 0.594. The van der Waals surface area contributed by atoms with E-state index in [4.69, 9.17) is 11.6 Å². The molecule has 0 saturated carbocycles. The van der Waals surface area contributed by atoms with E-state index < -0.39 is 11.5 Å². The molecule has 3 aromatic rings. The number of hydrogen-bond acceptors (Lipinski definition) is 3. The first-order chi connectivity index (χ1) is 14.3. The van der Waals surface area contributed by atoms with Gasteiger partial charge in [-0.3, -0.25) is 9.59 Å². The average Bonchev–Trinajstić information content (AvgIpc) is 2.91. The molecule has 0 bridgehead atoms. The van der Waals surface area contributed by atoms with E-state index in [2.05, 4.69) is 0 Å². The van der Waals surface area contributed by atoms with Crippen LogP contribution in [-0.4, -0.2) is 16.8 Å². The molecule has 152 valence electrons. The fourth-order valence-corrected chi connectivity index (χ4v) is 4.05. The molecular weight excluding hydrogens is 398 g/mol. The number of nitrogens with zero attached hydrogens (tertiary/aromatic N) is 1. The number of hydrogen-bond donors (Lipinski definition) is 1. The second kappa shape index (κ2) is 7.71. The maximum atomic E-state index is 13.4. The molecule has 4 nitrogen and oxygen atoms in total. The van der Waals surface area contributed by atoms with Crippen LogP contribution in [0.3, 0.4) is 0 Å².